The van der Waals surface area contributed by atoms with Crippen molar-refractivity contribution in [2.24, 2.45) is 0 Å². The highest BCUT2D eigenvalue weighted by molar-refractivity contribution is 9.10. The number of hydrogen-bond acceptors (Lipinski definition) is 2. The van der Waals surface area contributed by atoms with E-state index in [0.29, 0.717) is 38.2 Å². The van der Waals surface area contributed by atoms with Gasteiger partial charge in [-0.25, -0.2) is 0 Å². The molecular formula is C17H12BrCl3N4S. The molecule has 1 heterocycles. The van der Waals surface area contributed by atoms with E-state index < -0.39 is 0 Å². The number of rotatable bonds is 4. The van der Waals surface area contributed by atoms with Gasteiger partial charge in [-0.15, -0.1) is 0 Å². The fourth-order valence-corrected chi connectivity index (χ4v) is 3.46. The Labute approximate surface area is 179 Å². The fraction of sp³-hybridized carbons (Fsp3) is 0.0588. The summed E-state index contributed by atoms with van der Waals surface area (Å²) >= 11 is 26.8. The van der Waals surface area contributed by atoms with Gasteiger partial charge in [0.05, 0.1) is 27.3 Å². The molecular weight excluding hydrogens is 479 g/mol. The number of thiocarbonyl (C=S) groups is 1. The van der Waals surface area contributed by atoms with Gasteiger partial charge in [-0.2, -0.15) is 5.10 Å². The summed E-state index contributed by atoms with van der Waals surface area (Å²) in [7, 11) is 0. The maximum absolute atomic E-state index is 6.17. The lowest BCUT2D eigenvalue weighted by atomic mass is 10.2. The fourth-order valence-electron chi connectivity index (χ4n) is 2.20. The third-order valence-electron chi connectivity index (χ3n) is 3.39. The van der Waals surface area contributed by atoms with Crippen molar-refractivity contribution in [3.63, 3.8) is 0 Å². The number of nitrogens with zero attached hydrogens (tertiary/aromatic N) is 2. The second-order valence-corrected chi connectivity index (χ2v) is 7.90. The molecule has 3 aromatic rings. The summed E-state index contributed by atoms with van der Waals surface area (Å²) in [5, 5.41) is 12.5. The van der Waals surface area contributed by atoms with Gasteiger partial charge < -0.3 is 10.6 Å². The molecule has 0 bridgehead atoms. The Morgan fingerprint density at radius 2 is 1.81 bits per heavy atom. The highest BCUT2D eigenvalue weighted by Gasteiger charge is 2.07. The first-order chi connectivity index (χ1) is 12.4. The molecule has 26 heavy (non-hydrogen) atoms. The molecule has 0 aliphatic carbocycles. The van der Waals surface area contributed by atoms with E-state index in [0.717, 1.165) is 10.0 Å². The minimum atomic E-state index is 0.397. The monoisotopic (exact) mass is 488 g/mol. The van der Waals surface area contributed by atoms with E-state index in [1.165, 1.54) is 0 Å². The summed E-state index contributed by atoms with van der Waals surface area (Å²) in [6.07, 6.45) is 1.85. The van der Waals surface area contributed by atoms with Crippen LogP contribution in [-0.2, 0) is 6.54 Å². The summed E-state index contributed by atoms with van der Waals surface area (Å²) < 4.78 is 2.67. The number of benzene rings is 2. The van der Waals surface area contributed by atoms with Gasteiger partial charge in [0.2, 0.25) is 0 Å². The predicted octanol–water partition coefficient (Wildman–Crippen LogP) is 6.46. The lowest BCUT2D eigenvalue weighted by Crippen LogP contribution is -2.19. The lowest BCUT2D eigenvalue weighted by Gasteiger charge is -2.10. The van der Waals surface area contributed by atoms with Gasteiger partial charge in [0, 0.05) is 16.7 Å². The first-order valence-corrected chi connectivity index (χ1v) is 9.74. The van der Waals surface area contributed by atoms with Gasteiger partial charge in [-0.05, 0) is 48.1 Å². The number of nitrogens with one attached hydrogen (secondary N) is 2. The molecule has 0 aliphatic rings. The van der Waals surface area contributed by atoms with Crippen LogP contribution in [0.3, 0.4) is 0 Å². The van der Waals surface area contributed by atoms with Crippen LogP contribution >= 0.6 is 63.0 Å². The molecule has 2 N–H and O–H groups in total. The zero-order chi connectivity index (χ0) is 18.7. The number of aromatic nitrogens is 2. The van der Waals surface area contributed by atoms with Crippen LogP contribution in [0.5, 0.6) is 0 Å². The quantitative estimate of drug-likeness (QED) is 0.412. The van der Waals surface area contributed by atoms with E-state index in [2.05, 4.69) is 31.7 Å². The Morgan fingerprint density at radius 3 is 2.54 bits per heavy atom. The molecule has 0 radical (unpaired) electrons. The molecule has 0 amide bonds. The summed E-state index contributed by atoms with van der Waals surface area (Å²) in [5.74, 6) is 0.621. The largest absolute Gasteiger partial charge is 0.331 e. The smallest absolute Gasteiger partial charge is 0.176 e. The highest BCUT2D eigenvalue weighted by Crippen LogP contribution is 2.26. The molecule has 3 rings (SSSR count). The van der Waals surface area contributed by atoms with Gasteiger partial charge >= 0.3 is 0 Å². The van der Waals surface area contributed by atoms with Gasteiger partial charge in [0.25, 0.3) is 0 Å². The normalized spacial score (nSPS) is 10.6. The average molecular weight is 491 g/mol. The first-order valence-electron chi connectivity index (χ1n) is 7.41. The van der Waals surface area contributed by atoms with E-state index in [9.17, 15) is 0 Å². The van der Waals surface area contributed by atoms with Crippen molar-refractivity contribution < 1.29 is 0 Å². The van der Waals surface area contributed by atoms with Crippen molar-refractivity contribution in [3.05, 3.63) is 73.8 Å². The molecule has 0 atom stereocenters. The Morgan fingerprint density at radius 1 is 1.00 bits per heavy atom. The van der Waals surface area contributed by atoms with Crippen molar-refractivity contribution in [1.29, 1.82) is 0 Å². The lowest BCUT2D eigenvalue weighted by molar-refractivity contribution is 0.690. The standard InChI is InChI=1S/C17H12BrCl3N4S/c18-11-2-4-15(14(21)8-11)22-17(26)23-16-5-6-25(24-16)9-10-1-3-12(19)13(20)7-10/h1-8H,9H2,(H2,22,23,24,26). The molecule has 0 spiro atoms. The molecule has 2 aromatic carbocycles. The molecule has 0 fully saturated rings. The molecule has 0 aliphatic heterocycles. The van der Waals surface area contributed by atoms with Gasteiger partial charge in [0.1, 0.15) is 0 Å². The third-order valence-corrected chi connectivity index (χ3v) is 5.14. The Bertz CT molecular complexity index is 961. The van der Waals surface area contributed by atoms with E-state index in [1.807, 2.05) is 36.5 Å². The van der Waals surface area contributed by atoms with E-state index in [1.54, 1.807) is 16.8 Å². The molecule has 0 saturated heterocycles. The molecule has 0 unspecified atom stereocenters. The van der Waals surface area contributed by atoms with Crippen LogP contribution in [0, 0.1) is 0 Å². The van der Waals surface area contributed by atoms with Crippen LogP contribution in [0.15, 0.2) is 53.1 Å². The molecule has 134 valence electrons. The summed E-state index contributed by atoms with van der Waals surface area (Å²) in [6.45, 7) is 0.567. The zero-order valence-corrected chi connectivity index (χ0v) is 17.8. The second-order valence-electron chi connectivity index (χ2n) is 5.35. The van der Waals surface area contributed by atoms with Crippen LogP contribution in [0.4, 0.5) is 11.5 Å². The maximum atomic E-state index is 6.17. The van der Waals surface area contributed by atoms with Crippen LogP contribution in [0.1, 0.15) is 5.56 Å². The number of hydrogen-bond donors (Lipinski definition) is 2. The first kappa shape index (κ1) is 19.5. The summed E-state index contributed by atoms with van der Waals surface area (Å²) in [6, 6.07) is 12.8. The maximum Gasteiger partial charge on any atom is 0.176 e. The molecule has 4 nitrogen and oxygen atoms in total. The van der Waals surface area contributed by atoms with Gasteiger partial charge in [0.15, 0.2) is 10.9 Å². The third kappa shape index (κ3) is 5.11. The van der Waals surface area contributed by atoms with Crippen LogP contribution < -0.4 is 10.6 Å². The Balaban J connectivity index is 1.62. The van der Waals surface area contributed by atoms with E-state index in [4.69, 9.17) is 47.0 Å². The molecule has 9 heteroatoms. The summed E-state index contributed by atoms with van der Waals surface area (Å²) in [4.78, 5) is 0. The summed E-state index contributed by atoms with van der Waals surface area (Å²) in [5.41, 5.74) is 1.71. The Hall–Kier alpha value is -1.31. The second kappa shape index (κ2) is 8.59. The van der Waals surface area contributed by atoms with Crippen LogP contribution in [0.25, 0.3) is 0 Å². The topological polar surface area (TPSA) is 41.9 Å². The van der Waals surface area contributed by atoms with E-state index >= 15 is 0 Å². The Kier molecular flexibility index (Phi) is 6.42. The zero-order valence-electron chi connectivity index (χ0n) is 13.1. The van der Waals surface area contributed by atoms with Crippen molar-refractivity contribution in [2.75, 3.05) is 10.6 Å². The molecule has 1 aromatic heterocycles. The van der Waals surface area contributed by atoms with Crippen LogP contribution in [-0.4, -0.2) is 14.9 Å². The van der Waals surface area contributed by atoms with E-state index in [-0.39, 0.29) is 0 Å². The van der Waals surface area contributed by atoms with Crippen molar-refractivity contribution >= 4 is 79.6 Å². The SMILES string of the molecule is S=C(Nc1ccn(Cc2ccc(Cl)c(Cl)c2)n1)Nc1ccc(Br)cc1Cl. The minimum Gasteiger partial charge on any atom is -0.331 e. The van der Waals surface area contributed by atoms with Crippen molar-refractivity contribution in [1.82, 2.24) is 9.78 Å². The van der Waals surface area contributed by atoms with Gasteiger partial charge in [-0.3, -0.25) is 4.68 Å². The average Bonchev–Trinajstić information content (AvgIpc) is 3.00. The predicted molar refractivity (Wildman–Crippen MR) is 117 cm³/mol. The van der Waals surface area contributed by atoms with Crippen molar-refractivity contribution in [3.8, 4) is 0 Å². The number of anilines is 2. The minimum absolute atomic E-state index is 0.397. The highest BCUT2D eigenvalue weighted by atomic mass is 79.9. The van der Waals surface area contributed by atoms with Crippen molar-refractivity contribution in [2.45, 2.75) is 6.54 Å². The van der Waals surface area contributed by atoms with Crippen LogP contribution in [0.2, 0.25) is 15.1 Å². The molecule has 0 saturated carbocycles. The number of halogens is 4. The van der Waals surface area contributed by atoms with Gasteiger partial charge in [-0.1, -0.05) is 56.8 Å².